The molecule has 1 fully saturated rings. The van der Waals surface area contributed by atoms with Crippen LogP contribution in [0.3, 0.4) is 0 Å². The van der Waals surface area contributed by atoms with Gasteiger partial charge in [0, 0.05) is 30.3 Å². The van der Waals surface area contributed by atoms with Crippen LogP contribution in [0.15, 0.2) is 84.5 Å². The van der Waals surface area contributed by atoms with Gasteiger partial charge in [-0.2, -0.15) is 0 Å². The lowest BCUT2D eigenvalue weighted by atomic mass is 9.93. The lowest BCUT2D eigenvalue weighted by Crippen LogP contribution is -2.41. The SMILES string of the molecule is C=C/C=C(C=C)/C=C1\CN(C(C)C)C/C(=C\c2ccccc2)C1=O. The summed E-state index contributed by atoms with van der Waals surface area (Å²) in [5.41, 5.74) is 3.58. The molecule has 0 N–H and O–H groups in total. The number of ketones is 1. The van der Waals surface area contributed by atoms with E-state index in [4.69, 9.17) is 0 Å². The molecule has 1 aliphatic heterocycles. The quantitative estimate of drug-likeness (QED) is 0.584. The van der Waals surface area contributed by atoms with Crippen molar-refractivity contribution in [2.75, 3.05) is 13.1 Å². The maximum Gasteiger partial charge on any atom is 0.187 e. The van der Waals surface area contributed by atoms with E-state index in [1.165, 1.54) is 0 Å². The summed E-state index contributed by atoms with van der Waals surface area (Å²) in [4.78, 5) is 15.2. The minimum Gasteiger partial charge on any atom is -0.292 e. The van der Waals surface area contributed by atoms with Crippen molar-refractivity contribution in [3.05, 3.63) is 90.1 Å². The minimum atomic E-state index is 0.118. The maximum atomic E-state index is 12.9. The van der Waals surface area contributed by atoms with Gasteiger partial charge in [-0.1, -0.05) is 61.7 Å². The number of allylic oxidation sites excluding steroid dienone is 5. The summed E-state index contributed by atoms with van der Waals surface area (Å²) in [7, 11) is 0. The molecule has 24 heavy (non-hydrogen) atoms. The van der Waals surface area contributed by atoms with Crippen molar-refractivity contribution in [2.45, 2.75) is 19.9 Å². The number of piperidine rings is 1. The number of nitrogens with zero attached hydrogens (tertiary/aromatic N) is 1. The summed E-state index contributed by atoms with van der Waals surface area (Å²) in [5.74, 6) is 0.118. The zero-order valence-electron chi connectivity index (χ0n) is 14.5. The fourth-order valence-corrected chi connectivity index (χ4v) is 2.69. The van der Waals surface area contributed by atoms with Crippen LogP contribution in [-0.2, 0) is 4.79 Å². The molecule has 1 heterocycles. The van der Waals surface area contributed by atoms with Crippen LogP contribution in [0.1, 0.15) is 19.4 Å². The maximum absolute atomic E-state index is 12.9. The first-order valence-corrected chi connectivity index (χ1v) is 8.25. The molecule has 2 heteroatoms. The van der Waals surface area contributed by atoms with Crippen LogP contribution in [-0.4, -0.2) is 29.8 Å². The van der Waals surface area contributed by atoms with E-state index in [-0.39, 0.29) is 5.78 Å². The second-order valence-electron chi connectivity index (χ2n) is 6.18. The van der Waals surface area contributed by atoms with Crippen molar-refractivity contribution in [1.82, 2.24) is 4.90 Å². The van der Waals surface area contributed by atoms with Crippen LogP contribution in [0.2, 0.25) is 0 Å². The Morgan fingerprint density at radius 1 is 1.12 bits per heavy atom. The molecule has 0 saturated carbocycles. The Morgan fingerprint density at radius 3 is 2.38 bits per heavy atom. The van der Waals surface area contributed by atoms with E-state index in [9.17, 15) is 4.79 Å². The Hall–Kier alpha value is -2.45. The van der Waals surface area contributed by atoms with Crippen LogP contribution in [0.5, 0.6) is 0 Å². The number of Topliss-reactive ketones (excluding diaryl/α,β-unsaturated/α-hetero) is 1. The first-order chi connectivity index (χ1) is 11.5. The molecule has 124 valence electrons. The fourth-order valence-electron chi connectivity index (χ4n) is 2.69. The lowest BCUT2D eigenvalue weighted by Gasteiger charge is -2.32. The second-order valence-corrected chi connectivity index (χ2v) is 6.18. The van der Waals surface area contributed by atoms with Crippen molar-refractivity contribution in [1.29, 1.82) is 0 Å². The zero-order valence-corrected chi connectivity index (χ0v) is 14.5. The number of likely N-dealkylation sites (tertiary alicyclic amines) is 1. The number of hydrogen-bond donors (Lipinski definition) is 0. The van der Waals surface area contributed by atoms with E-state index in [2.05, 4.69) is 31.9 Å². The fraction of sp³-hybridized carbons (Fsp3) is 0.227. The van der Waals surface area contributed by atoms with Crippen molar-refractivity contribution < 1.29 is 4.79 Å². The van der Waals surface area contributed by atoms with E-state index in [0.29, 0.717) is 19.1 Å². The average molecular weight is 319 g/mol. The van der Waals surface area contributed by atoms with Crippen LogP contribution in [0.25, 0.3) is 6.08 Å². The lowest BCUT2D eigenvalue weighted by molar-refractivity contribution is -0.113. The second kappa shape index (κ2) is 8.42. The normalized spacial score (nSPS) is 20.0. The molecule has 1 aromatic carbocycles. The molecule has 1 saturated heterocycles. The van der Waals surface area contributed by atoms with Crippen LogP contribution in [0.4, 0.5) is 0 Å². The Kier molecular flexibility index (Phi) is 6.28. The molecule has 0 amide bonds. The van der Waals surface area contributed by atoms with Crippen molar-refractivity contribution >= 4 is 11.9 Å². The summed E-state index contributed by atoms with van der Waals surface area (Å²) < 4.78 is 0. The van der Waals surface area contributed by atoms with Gasteiger partial charge in [-0.05, 0) is 37.1 Å². The monoisotopic (exact) mass is 319 g/mol. The predicted molar refractivity (Wildman–Crippen MR) is 103 cm³/mol. The number of carbonyl (C=O) groups is 1. The Bertz CT molecular complexity index is 705. The summed E-state index contributed by atoms with van der Waals surface area (Å²) in [6.07, 6.45) is 9.24. The smallest absolute Gasteiger partial charge is 0.187 e. The van der Waals surface area contributed by atoms with E-state index < -0.39 is 0 Å². The molecule has 2 nitrogen and oxygen atoms in total. The van der Waals surface area contributed by atoms with Gasteiger partial charge in [0.15, 0.2) is 5.78 Å². The topological polar surface area (TPSA) is 20.3 Å². The molecule has 0 unspecified atom stereocenters. The zero-order chi connectivity index (χ0) is 17.5. The van der Waals surface area contributed by atoms with Gasteiger partial charge >= 0.3 is 0 Å². The number of hydrogen-bond acceptors (Lipinski definition) is 2. The Labute approximate surface area is 145 Å². The Morgan fingerprint density at radius 2 is 1.79 bits per heavy atom. The largest absolute Gasteiger partial charge is 0.292 e. The number of carbonyl (C=O) groups excluding carboxylic acids is 1. The molecule has 0 aliphatic carbocycles. The average Bonchev–Trinajstić information content (AvgIpc) is 2.58. The standard InChI is InChI=1S/C22H25NO/c1-5-10-18(6-2)13-20-15-23(17(3)4)16-21(22(20)24)14-19-11-8-7-9-12-19/h5-14,17H,1-2,15-16H2,3-4H3/b18-10+,20-13+,21-14+. The minimum absolute atomic E-state index is 0.118. The van der Waals surface area contributed by atoms with Crippen LogP contribution >= 0.6 is 0 Å². The highest BCUT2D eigenvalue weighted by molar-refractivity contribution is 6.12. The molecular weight excluding hydrogens is 294 g/mol. The summed E-state index contributed by atoms with van der Waals surface area (Å²) in [6.45, 7) is 13.2. The van der Waals surface area contributed by atoms with Crippen molar-refractivity contribution in [2.24, 2.45) is 0 Å². The Balaban J connectivity index is 2.42. The molecule has 0 aromatic heterocycles. The molecule has 0 bridgehead atoms. The summed E-state index contributed by atoms with van der Waals surface area (Å²) in [6, 6.07) is 10.4. The van der Waals surface area contributed by atoms with Gasteiger partial charge in [0.1, 0.15) is 0 Å². The molecule has 0 spiro atoms. The van der Waals surface area contributed by atoms with Crippen LogP contribution < -0.4 is 0 Å². The van der Waals surface area contributed by atoms with Gasteiger partial charge in [-0.25, -0.2) is 0 Å². The van der Waals surface area contributed by atoms with Gasteiger partial charge < -0.3 is 0 Å². The third-order valence-corrected chi connectivity index (χ3v) is 4.09. The van der Waals surface area contributed by atoms with Crippen LogP contribution in [0, 0.1) is 0 Å². The van der Waals surface area contributed by atoms with E-state index in [1.54, 1.807) is 12.2 Å². The van der Waals surface area contributed by atoms with Gasteiger partial charge in [0.05, 0.1) is 0 Å². The molecule has 2 rings (SSSR count). The number of rotatable bonds is 5. The van der Waals surface area contributed by atoms with E-state index in [1.807, 2.05) is 48.6 Å². The van der Waals surface area contributed by atoms with Crippen molar-refractivity contribution in [3.8, 4) is 0 Å². The third kappa shape index (κ3) is 4.53. The van der Waals surface area contributed by atoms with E-state index in [0.717, 1.165) is 22.3 Å². The molecule has 1 aromatic rings. The molecule has 0 atom stereocenters. The van der Waals surface area contributed by atoms with Gasteiger partial charge in [0.2, 0.25) is 0 Å². The molecule has 0 radical (unpaired) electrons. The van der Waals surface area contributed by atoms with Gasteiger partial charge in [-0.3, -0.25) is 9.69 Å². The first kappa shape index (κ1) is 17.9. The first-order valence-electron chi connectivity index (χ1n) is 8.25. The highest BCUT2D eigenvalue weighted by Crippen LogP contribution is 2.23. The highest BCUT2D eigenvalue weighted by Gasteiger charge is 2.27. The highest BCUT2D eigenvalue weighted by atomic mass is 16.1. The molecule has 1 aliphatic rings. The summed E-state index contributed by atoms with van der Waals surface area (Å²) >= 11 is 0. The predicted octanol–water partition coefficient (Wildman–Crippen LogP) is 4.59. The van der Waals surface area contributed by atoms with Crippen molar-refractivity contribution in [3.63, 3.8) is 0 Å². The van der Waals surface area contributed by atoms with Gasteiger partial charge in [-0.15, -0.1) is 0 Å². The summed E-state index contributed by atoms with van der Waals surface area (Å²) in [5, 5.41) is 0. The third-order valence-electron chi connectivity index (χ3n) is 4.09. The van der Waals surface area contributed by atoms with Gasteiger partial charge in [0.25, 0.3) is 0 Å². The number of benzene rings is 1. The van der Waals surface area contributed by atoms with E-state index >= 15 is 0 Å². The molecular formula is C22H25NO.